The molecule has 0 radical (unpaired) electrons. The van der Waals surface area contributed by atoms with Gasteiger partial charge in [-0.15, -0.1) is 0 Å². The third-order valence-corrected chi connectivity index (χ3v) is 9.27. The quantitative estimate of drug-likeness (QED) is 0.161. The van der Waals surface area contributed by atoms with Crippen molar-refractivity contribution in [1.29, 1.82) is 0 Å². The van der Waals surface area contributed by atoms with Crippen molar-refractivity contribution in [3.63, 3.8) is 0 Å². The average Bonchev–Trinajstić information content (AvgIpc) is 3.22. The van der Waals surface area contributed by atoms with Crippen molar-refractivity contribution >= 4 is 84.5 Å². The predicted molar refractivity (Wildman–Crippen MR) is 177 cm³/mol. The molecule has 2 heterocycles. The van der Waals surface area contributed by atoms with Crippen LogP contribution in [0.3, 0.4) is 0 Å². The molecule has 1 aliphatic heterocycles. The number of halogens is 3. The summed E-state index contributed by atoms with van der Waals surface area (Å²) in [5, 5.41) is 0. The van der Waals surface area contributed by atoms with Gasteiger partial charge >= 0.3 is 5.97 Å². The molecule has 3 aromatic carbocycles. The van der Waals surface area contributed by atoms with Crippen LogP contribution in [0.25, 0.3) is 6.08 Å². The number of nitrogens with zero attached hydrogens (tertiary/aromatic N) is 2. The lowest BCUT2D eigenvalue weighted by Crippen LogP contribution is -2.39. The molecule has 10 heteroatoms. The van der Waals surface area contributed by atoms with Crippen molar-refractivity contribution in [2.75, 3.05) is 6.61 Å². The van der Waals surface area contributed by atoms with E-state index in [0.717, 1.165) is 34.1 Å². The minimum absolute atomic E-state index is 0.207. The molecule has 0 saturated heterocycles. The molecule has 0 amide bonds. The topological polar surface area (TPSA) is 69.9 Å². The smallest absolute Gasteiger partial charge is 0.338 e. The summed E-state index contributed by atoms with van der Waals surface area (Å²) in [6.07, 6.45) is 1.87. The van der Waals surface area contributed by atoms with E-state index in [0.29, 0.717) is 27.2 Å². The summed E-state index contributed by atoms with van der Waals surface area (Å²) in [4.78, 5) is 32.1. The van der Waals surface area contributed by atoms with Gasteiger partial charge in [-0.3, -0.25) is 9.36 Å². The van der Waals surface area contributed by atoms with Gasteiger partial charge in [0, 0.05) is 8.04 Å². The largest absolute Gasteiger partial charge is 0.488 e. The molecule has 0 spiro atoms. The van der Waals surface area contributed by atoms with Gasteiger partial charge in [0.2, 0.25) is 0 Å². The van der Waals surface area contributed by atoms with Crippen molar-refractivity contribution in [1.82, 2.24) is 4.57 Å². The van der Waals surface area contributed by atoms with Crippen LogP contribution in [0, 0.1) is 7.14 Å². The molecular formula is C30H23BrI2N2O4S. The summed E-state index contributed by atoms with van der Waals surface area (Å²) in [5.74, 6) is 0.363. The van der Waals surface area contributed by atoms with Crippen LogP contribution < -0.4 is 19.6 Å². The minimum atomic E-state index is -0.637. The molecule has 5 rings (SSSR count). The van der Waals surface area contributed by atoms with Gasteiger partial charge in [-0.2, -0.15) is 0 Å². The zero-order valence-corrected chi connectivity index (χ0v) is 28.2. The van der Waals surface area contributed by atoms with Crippen molar-refractivity contribution in [2.24, 2.45) is 4.99 Å². The maximum atomic E-state index is 13.8. The summed E-state index contributed by atoms with van der Waals surface area (Å²) in [5.41, 5.74) is 3.38. The maximum absolute atomic E-state index is 13.8. The molecule has 0 aliphatic carbocycles. The van der Waals surface area contributed by atoms with E-state index in [2.05, 4.69) is 72.2 Å². The van der Waals surface area contributed by atoms with Crippen LogP contribution in [0.4, 0.5) is 0 Å². The van der Waals surface area contributed by atoms with Gasteiger partial charge in [-0.25, -0.2) is 9.79 Å². The SMILES string of the molecule is CCOC(=O)C1=C(C)N=c2s/c(=C\c3cccc(COc4ccc(I)cc4I)c3)c(=O)n2[C@H]1c1ccc(Br)cc1. The molecule has 204 valence electrons. The molecule has 1 atom stereocenters. The first-order valence-electron chi connectivity index (χ1n) is 12.4. The number of thiazole rings is 1. The lowest BCUT2D eigenvalue weighted by Gasteiger charge is -2.24. The maximum Gasteiger partial charge on any atom is 0.338 e. The number of esters is 1. The van der Waals surface area contributed by atoms with Gasteiger partial charge in [0.1, 0.15) is 12.4 Å². The average molecular weight is 841 g/mol. The molecule has 0 bridgehead atoms. The predicted octanol–water partition coefficient (Wildman–Crippen LogP) is 6.35. The Kier molecular flexibility index (Phi) is 9.28. The van der Waals surface area contributed by atoms with E-state index >= 15 is 0 Å². The first-order valence-corrected chi connectivity index (χ1v) is 16.1. The highest BCUT2D eigenvalue weighted by molar-refractivity contribution is 14.1. The molecule has 0 unspecified atom stereocenters. The van der Waals surface area contributed by atoms with E-state index in [4.69, 9.17) is 9.47 Å². The Balaban J connectivity index is 1.53. The van der Waals surface area contributed by atoms with Crippen LogP contribution in [-0.2, 0) is 16.1 Å². The second-order valence-corrected chi connectivity index (χ2v) is 13.3. The molecule has 0 fully saturated rings. The summed E-state index contributed by atoms with van der Waals surface area (Å²) >= 11 is 9.34. The lowest BCUT2D eigenvalue weighted by molar-refractivity contribution is -0.139. The highest BCUT2D eigenvalue weighted by atomic mass is 127. The second kappa shape index (κ2) is 12.7. The van der Waals surface area contributed by atoms with Crippen molar-refractivity contribution < 1.29 is 14.3 Å². The van der Waals surface area contributed by atoms with E-state index in [1.807, 2.05) is 66.7 Å². The van der Waals surface area contributed by atoms with Crippen LogP contribution in [0.2, 0.25) is 0 Å². The van der Waals surface area contributed by atoms with E-state index in [9.17, 15) is 9.59 Å². The Bertz CT molecular complexity index is 1810. The van der Waals surface area contributed by atoms with Gasteiger partial charge in [0.15, 0.2) is 4.80 Å². The van der Waals surface area contributed by atoms with Crippen LogP contribution in [0.1, 0.15) is 36.6 Å². The fourth-order valence-electron chi connectivity index (χ4n) is 4.43. The van der Waals surface area contributed by atoms with Crippen LogP contribution >= 0.6 is 72.4 Å². The number of ether oxygens (including phenoxy) is 2. The Morgan fingerprint density at radius 2 is 1.90 bits per heavy atom. The van der Waals surface area contributed by atoms with E-state index in [1.54, 1.807) is 18.4 Å². The van der Waals surface area contributed by atoms with Crippen molar-refractivity contribution in [3.8, 4) is 5.75 Å². The Morgan fingerprint density at radius 1 is 1.12 bits per heavy atom. The van der Waals surface area contributed by atoms with Gasteiger partial charge < -0.3 is 9.47 Å². The third kappa shape index (κ3) is 6.29. The second-order valence-electron chi connectivity index (χ2n) is 8.96. The number of carbonyl (C=O) groups is 1. The molecule has 40 heavy (non-hydrogen) atoms. The molecule has 1 aliphatic rings. The van der Waals surface area contributed by atoms with Crippen molar-refractivity contribution in [3.05, 3.63) is 126 Å². The van der Waals surface area contributed by atoms with E-state index in [1.165, 1.54) is 11.3 Å². The number of hydrogen-bond donors (Lipinski definition) is 0. The number of aromatic nitrogens is 1. The molecule has 6 nitrogen and oxygen atoms in total. The van der Waals surface area contributed by atoms with Gasteiger partial charge in [0.05, 0.1) is 32.0 Å². The number of benzene rings is 3. The fourth-order valence-corrected chi connectivity index (χ4v) is 7.50. The van der Waals surface area contributed by atoms with Gasteiger partial charge in [-0.05, 0) is 118 Å². The van der Waals surface area contributed by atoms with Gasteiger partial charge in [-0.1, -0.05) is 57.6 Å². The fraction of sp³-hybridized carbons (Fsp3) is 0.167. The normalized spacial score (nSPS) is 15.0. The Morgan fingerprint density at radius 3 is 2.62 bits per heavy atom. The van der Waals surface area contributed by atoms with Gasteiger partial charge in [0.25, 0.3) is 5.56 Å². The summed E-state index contributed by atoms with van der Waals surface area (Å²) < 4.78 is 16.7. The van der Waals surface area contributed by atoms with Crippen LogP contribution in [-0.4, -0.2) is 17.1 Å². The summed E-state index contributed by atoms with van der Waals surface area (Å²) in [6, 6.07) is 21.0. The molecule has 0 N–H and O–H groups in total. The number of hydrogen-bond acceptors (Lipinski definition) is 6. The van der Waals surface area contributed by atoms with Crippen molar-refractivity contribution in [2.45, 2.75) is 26.5 Å². The summed E-state index contributed by atoms with van der Waals surface area (Å²) in [7, 11) is 0. The number of carbonyl (C=O) groups excluding carboxylic acids is 1. The lowest BCUT2D eigenvalue weighted by atomic mass is 9.96. The first kappa shape index (κ1) is 29.2. The zero-order valence-electron chi connectivity index (χ0n) is 21.5. The summed E-state index contributed by atoms with van der Waals surface area (Å²) in [6.45, 7) is 4.19. The highest BCUT2D eigenvalue weighted by Gasteiger charge is 2.33. The van der Waals surface area contributed by atoms with E-state index in [-0.39, 0.29) is 12.2 Å². The van der Waals surface area contributed by atoms with Crippen LogP contribution in [0.15, 0.2) is 92.3 Å². The Hall–Kier alpha value is -2.29. The van der Waals surface area contributed by atoms with E-state index < -0.39 is 12.0 Å². The zero-order chi connectivity index (χ0) is 28.4. The molecule has 1 aromatic heterocycles. The highest BCUT2D eigenvalue weighted by Crippen LogP contribution is 2.31. The number of rotatable bonds is 7. The Labute approximate surface area is 270 Å². The standard InChI is InChI=1S/C30H23BrI2N2O4S/c1-3-38-29(37)26-17(2)34-30-35(27(26)20-7-9-21(31)10-8-20)28(36)25(40-30)14-18-5-4-6-19(13-18)16-39-24-12-11-22(32)15-23(24)33/h4-15,27H,3,16H2,1-2H3/b25-14-/t27-/m0/s1. The monoisotopic (exact) mass is 840 g/mol. The number of fused-ring (bicyclic) bond motifs is 1. The minimum Gasteiger partial charge on any atom is -0.488 e. The molecular weight excluding hydrogens is 818 g/mol. The molecule has 0 saturated carbocycles. The van der Waals surface area contributed by atoms with Crippen LogP contribution in [0.5, 0.6) is 5.75 Å². The molecule has 4 aromatic rings. The third-order valence-electron chi connectivity index (χ3n) is 6.24. The first-order chi connectivity index (χ1) is 19.2. The number of allylic oxidation sites excluding steroid dienone is 1.